The van der Waals surface area contributed by atoms with Crippen molar-refractivity contribution in [2.45, 2.75) is 6.61 Å². The van der Waals surface area contributed by atoms with E-state index in [-0.39, 0.29) is 6.61 Å². The molecule has 0 aliphatic heterocycles. The van der Waals surface area contributed by atoms with E-state index in [1.807, 2.05) is 54.6 Å². The third-order valence-corrected chi connectivity index (χ3v) is 2.24. The normalized spacial score (nSPS) is 10.8. The molecule has 1 aromatic carbocycles. The van der Waals surface area contributed by atoms with Gasteiger partial charge in [0, 0.05) is 0 Å². The van der Waals surface area contributed by atoms with Crippen molar-refractivity contribution in [2.75, 3.05) is 0 Å². The van der Waals surface area contributed by atoms with Gasteiger partial charge in [0.2, 0.25) is 0 Å². The third kappa shape index (κ3) is 2.78. The van der Waals surface area contributed by atoms with Gasteiger partial charge in [0.25, 0.3) is 0 Å². The predicted molar refractivity (Wildman–Crippen MR) is 65.5 cm³/mol. The minimum Gasteiger partial charge on any atom is -0.390 e. The predicted octanol–water partition coefficient (Wildman–Crippen LogP) is 2.74. The van der Waals surface area contributed by atoms with Crippen LogP contribution in [0.3, 0.4) is 0 Å². The number of aliphatic hydroxyl groups excluding tert-OH is 1. The van der Waals surface area contributed by atoms with Crippen molar-refractivity contribution in [3.8, 4) is 0 Å². The molecule has 0 saturated carbocycles. The van der Waals surface area contributed by atoms with E-state index in [4.69, 9.17) is 5.11 Å². The average Bonchev–Trinajstić information content (AvgIpc) is 2.38. The van der Waals surface area contributed by atoms with E-state index in [9.17, 15) is 0 Å². The summed E-state index contributed by atoms with van der Waals surface area (Å²) >= 11 is 0. The highest BCUT2D eigenvalue weighted by molar-refractivity contribution is 5.67. The summed E-state index contributed by atoms with van der Waals surface area (Å²) in [4.78, 5) is 4.27. The maximum atomic E-state index is 8.96. The lowest BCUT2D eigenvalue weighted by atomic mass is 10.2. The first-order chi connectivity index (χ1) is 7.88. The molecule has 0 aliphatic rings. The van der Waals surface area contributed by atoms with Gasteiger partial charge in [-0.2, -0.15) is 0 Å². The number of pyridine rings is 1. The Hall–Kier alpha value is -1.93. The van der Waals surface area contributed by atoms with Crippen molar-refractivity contribution in [3.05, 3.63) is 65.5 Å². The van der Waals surface area contributed by atoms with Gasteiger partial charge in [-0.3, -0.25) is 4.98 Å². The van der Waals surface area contributed by atoms with Crippen LogP contribution in [0, 0.1) is 0 Å². The van der Waals surface area contributed by atoms with E-state index in [0.717, 1.165) is 11.3 Å². The zero-order valence-corrected chi connectivity index (χ0v) is 8.88. The van der Waals surface area contributed by atoms with Crippen LogP contribution in [0.4, 0.5) is 0 Å². The highest BCUT2D eigenvalue weighted by Gasteiger charge is 1.92. The standard InChI is InChI=1S/C14H13NO/c16-11-14-8-4-7-13(15-14)10-9-12-5-2-1-3-6-12/h1-10,16H,11H2. The lowest BCUT2D eigenvalue weighted by molar-refractivity contribution is 0.277. The highest BCUT2D eigenvalue weighted by Crippen LogP contribution is 2.06. The van der Waals surface area contributed by atoms with Gasteiger partial charge >= 0.3 is 0 Å². The molecule has 0 unspecified atom stereocenters. The molecule has 1 heterocycles. The molecular weight excluding hydrogens is 198 g/mol. The van der Waals surface area contributed by atoms with Gasteiger partial charge in [0.1, 0.15) is 0 Å². The molecule has 2 rings (SSSR count). The van der Waals surface area contributed by atoms with Crippen molar-refractivity contribution in [2.24, 2.45) is 0 Å². The summed E-state index contributed by atoms with van der Waals surface area (Å²) in [6, 6.07) is 15.7. The number of nitrogens with zero attached hydrogens (tertiary/aromatic N) is 1. The molecule has 1 N–H and O–H groups in total. The Balaban J connectivity index is 2.17. The first-order valence-electron chi connectivity index (χ1n) is 5.18. The summed E-state index contributed by atoms with van der Waals surface area (Å²) in [7, 11) is 0. The Morgan fingerprint density at radius 1 is 0.938 bits per heavy atom. The van der Waals surface area contributed by atoms with Crippen LogP contribution >= 0.6 is 0 Å². The summed E-state index contributed by atoms with van der Waals surface area (Å²) < 4.78 is 0. The van der Waals surface area contributed by atoms with Crippen LogP contribution < -0.4 is 0 Å². The second kappa shape index (κ2) is 5.24. The summed E-state index contributed by atoms with van der Waals surface area (Å²) in [5.74, 6) is 0. The Labute approximate surface area is 94.9 Å². The van der Waals surface area contributed by atoms with Crippen molar-refractivity contribution < 1.29 is 5.11 Å². The topological polar surface area (TPSA) is 33.1 Å². The molecule has 0 bridgehead atoms. The van der Waals surface area contributed by atoms with Gasteiger partial charge in [-0.25, -0.2) is 0 Å². The van der Waals surface area contributed by atoms with Gasteiger partial charge in [-0.05, 0) is 23.8 Å². The van der Waals surface area contributed by atoms with Crippen LogP contribution in [-0.4, -0.2) is 10.1 Å². The highest BCUT2D eigenvalue weighted by atomic mass is 16.3. The monoisotopic (exact) mass is 211 g/mol. The van der Waals surface area contributed by atoms with Gasteiger partial charge in [0.05, 0.1) is 18.0 Å². The Morgan fingerprint density at radius 2 is 1.75 bits per heavy atom. The van der Waals surface area contributed by atoms with E-state index in [2.05, 4.69) is 4.98 Å². The largest absolute Gasteiger partial charge is 0.390 e. The minimum absolute atomic E-state index is 0.0208. The fourth-order valence-corrected chi connectivity index (χ4v) is 1.42. The molecule has 1 aromatic heterocycles. The molecule has 2 nitrogen and oxygen atoms in total. The number of aliphatic hydroxyl groups is 1. The molecule has 0 aliphatic carbocycles. The second-order valence-corrected chi connectivity index (χ2v) is 3.46. The van der Waals surface area contributed by atoms with Crippen LogP contribution in [0.25, 0.3) is 12.2 Å². The van der Waals surface area contributed by atoms with Crippen molar-refractivity contribution in [3.63, 3.8) is 0 Å². The second-order valence-electron chi connectivity index (χ2n) is 3.46. The number of hydrogen-bond acceptors (Lipinski definition) is 2. The molecular formula is C14H13NO. The first-order valence-corrected chi connectivity index (χ1v) is 5.18. The van der Waals surface area contributed by atoms with Gasteiger partial charge in [-0.1, -0.05) is 42.5 Å². The Bertz CT molecular complexity index is 477. The van der Waals surface area contributed by atoms with Gasteiger partial charge in [0.15, 0.2) is 0 Å². The SMILES string of the molecule is OCc1cccc(C=Cc2ccccc2)n1. The lowest BCUT2D eigenvalue weighted by Gasteiger charge is -1.97. The lowest BCUT2D eigenvalue weighted by Crippen LogP contribution is -1.89. The van der Waals surface area contributed by atoms with E-state index in [1.54, 1.807) is 6.07 Å². The summed E-state index contributed by atoms with van der Waals surface area (Å²) in [5.41, 5.74) is 2.68. The number of benzene rings is 1. The molecule has 0 amide bonds. The van der Waals surface area contributed by atoms with Crippen molar-refractivity contribution in [1.82, 2.24) is 4.98 Å². The van der Waals surface area contributed by atoms with Crippen molar-refractivity contribution >= 4 is 12.2 Å². The summed E-state index contributed by atoms with van der Waals surface area (Å²) in [5, 5.41) is 8.96. The van der Waals surface area contributed by atoms with Crippen molar-refractivity contribution in [1.29, 1.82) is 0 Å². The molecule has 0 atom stereocenters. The zero-order chi connectivity index (χ0) is 11.2. The van der Waals surface area contributed by atoms with Crippen LogP contribution in [0.2, 0.25) is 0 Å². The molecule has 0 saturated heterocycles. The minimum atomic E-state index is -0.0208. The molecule has 0 spiro atoms. The van der Waals surface area contributed by atoms with E-state index in [0.29, 0.717) is 5.69 Å². The molecule has 80 valence electrons. The number of hydrogen-bond donors (Lipinski definition) is 1. The molecule has 0 radical (unpaired) electrons. The fourth-order valence-electron chi connectivity index (χ4n) is 1.42. The summed E-state index contributed by atoms with van der Waals surface area (Å²) in [6.07, 6.45) is 3.94. The number of aromatic nitrogens is 1. The maximum absolute atomic E-state index is 8.96. The zero-order valence-electron chi connectivity index (χ0n) is 8.88. The van der Waals surface area contributed by atoms with E-state index in [1.165, 1.54) is 0 Å². The van der Waals surface area contributed by atoms with Crippen LogP contribution in [0.5, 0.6) is 0 Å². The maximum Gasteiger partial charge on any atom is 0.0853 e. The Kier molecular flexibility index (Phi) is 3.46. The Morgan fingerprint density at radius 3 is 2.50 bits per heavy atom. The quantitative estimate of drug-likeness (QED) is 0.846. The summed E-state index contributed by atoms with van der Waals surface area (Å²) in [6.45, 7) is -0.0208. The van der Waals surface area contributed by atoms with E-state index < -0.39 is 0 Å². The smallest absolute Gasteiger partial charge is 0.0853 e. The van der Waals surface area contributed by atoms with Gasteiger partial charge < -0.3 is 5.11 Å². The average molecular weight is 211 g/mol. The molecule has 16 heavy (non-hydrogen) atoms. The van der Waals surface area contributed by atoms with E-state index >= 15 is 0 Å². The van der Waals surface area contributed by atoms with Crippen LogP contribution in [-0.2, 0) is 6.61 Å². The van der Waals surface area contributed by atoms with Gasteiger partial charge in [-0.15, -0.1) is 0 Å². The third-order valence-electron chi connectivity index (χ3n) is 2.24. The molecule has 0 fully saturated rings. The molecule has 2 aromatic rings. The van der Waals surface area contributed by atoms with Crippen LogP contribution in [0.1, 0.15) is 17.0 Å². The first kappa shape index (κ1) is 10.6. The fraction of sp³-hybridized carbons (Fsp3) is 0.0714. The molecule has 2 heteroatoms. The van der Waals surface area contributed by atoms with Crippen LogP contribution in [0.15, 0.2) is 48.5 Å². The number of rotatable bonds is 3.